The van der Waals surface area contributed by atoms with E-state index in [1.54, 1.807) is 0 Å². The molecule has 1 aromatic rings. The molecule has 0 aliphatic rings. The van der Waals surface area contributed by atoms with Crippen molar-refractivity contribution < 1.29 is 22.7 Å². The van der Waals surface area contributed by atoms with Gasteiger partial charge in [-0.3, -0.25) is 0 Å². The summed E-state index contributed by atoms with van der Waals surface area (Å²) in [5.41, 5.74) is 5.08. The van der Waals surface area contributed by atoms with Crippen molar-refractivity contribution in [3.63, 3.8) is 0 Å². The van der Waals surface area contributed by atoms with Crippen LogP contribution in [0.3, 0.4) is 0 Å². The Labute approximate surface area is 113 Å². The zero-order valence-corrected chi connectivity index (χ0v) is 11.1. The van der Waals surface area contributed by atoms with E-state index in [1.807, 2.05) is 0 Å². The van der Waals surface area contributed by atoms with E-state index in [0.29, 0.717) is 5.56 Å². The topological polar surface area (TPSA) is 52.3 Å². The molecule has 0 radical (unpaired) electrons. The summed E-state index contributed by atoms with van der Waals surface area (Å²) in [7, 11) is 0. The van der Waals surface area contributed by atoms with Gasteiger partial charge < -0.3 is 10.5 Å². The van der Waals surface area contributed by atoms with Crippen LogP contribution < -0.4 is 5.73 Å². The van der Waals surface area contributed by atoms with Crippen molar-refractivity contribution in [3.8, 4) is 0 Å². The fraction of sp³-hybridized carbons (Fsp3) is 0.417. The molecule has 0 unspecified atom stereocenters. The van der Waals surface area contributed by atoms with E-state index in [4.69, 9.17) is 17.3 Å². The highest BCUT2D eigenvalue weighted by atomic mass is 35.5. The molecule has 0 heterocycles. The number of aryl methyl sites for hydroxylation is 1. The van der Waals surface area contributed by atoms with Crippen LogP contribution in [0.15, 0.2) is 12.1 Å². The Hall–Kier alpha value is -1.27. The zero-order valence-electron chi connectivity index (χ0n) is 10.3. The third-order valence-corrected chi connectivity index (χ3v) is 3.07. The van der Waals surface area contributed by atoms with Crippen LogP contribution in [0.4, 0.5) is 13.2 Å². The number of carbonyl (C=O) groups excluding carboxylic acids is 1. The molecule has 3 nitrogen and oxygen atoms in total. The monoisotopic (exact) mass is 295 g/mol. The van der Waals surface area contributed by atoms with Crippen molar-refractivity contribution in [2.75, 3.05) is 6.61 Å². The fourth-order valence-electron chi connectivity index (χ4n) is 1.50. The lowest BCUT2D eigenvalue weighted by molar-refractivity contribution is -0.174. The van der Waals surface area contributed by atoms with E-state index in [-0.39, 0.29) is 11.6 Å². The summed E-state index contributed by atoms with van der Waals surface area (Å²) in [6, 6.07) is 0.0903. The number of hydrogen-bond acceptors (Lipinski definition) is 3. The number of hydrogen-bond donors (Lipinski definition) is 1. The van der Waals surface area contributed by atoms with E-state index in [1.165, 1.54) is 19.9 Å². The smallest absolute Gasteiger partial charge is 0.379 e. The maximum Gasteiger partial charge on any atom is 0.379 e. The van der Waals surface area contributed by atoms with Crippen LogP contribution in [0.5, 0.6) is 0 Å². The Morgan fingerprint density at radius 1 is 1.53 bits per heavy atom. The van der Waals surface area contributed by atoms with Crippen LogP contribution in [-0.4, -0.2) is 18.5 Å². The van der Waals surface area contributed by atoms with Crippen LogP contribution in [0.2, 0.25) is 5.02 Å². The molecule has 2 N–H and O–H groups in total. The van der Waals surface area contributed by atoms with E-state index in [2.05, 4.69) is 4.74 Å². The van der Waals surface area contributed by atoms with Gasteiger partial charge in [0.25, 0.3) is 0 Å². The van der Waals surface area contributed by atoms with Crippen molar-refractivity contribution >= 4 is 17.6 Å². The minimum atomic E-state index is -4.06. The Morgan fingerprint density at radius 2 is 2.11 bits per heavy atom. The van der Waals surface area contributed by atoms with Crippen LogP contribution in [0, 0.1) is 12.7 Å². The number of nitrogens with two attached hydrogens (primary N) is 1. The molecular weight excluding hydrogens is 283 g/mol. The van der Waals surface area contributed by atoms with Crippen molar-refractivity contribution in [2.24, 2.45) is 5.73 Å². The molecular formula is C12H13ClF3NO2. The Balaban J connectivity index is 3.23. The van der Waals surface area contributed by atoms with Gasteiger partial charge in [0.2, 0.25) is 0 Å². The molecule has 0 amide bonds. The minimum Gasteiger partial charge on any atom is -0.462 e. The molecule has 0 aromatic heterocycles. The molecule has 106 valence electrons. The van der Waals surface area contributed by atoms with E-state index >= 15 is 0 Å². The van der Waals surface area contributed by atoms with Gasteiger partial charge in [-0.1, -0.05) is 17.7 Å². The van der Waals surface area contributed by atoms with E-state index in [0.717, 1.165) is 6.07 Å². The second-order valence-electron chi connectivity index (χ2n) is 3.91. The van der Waals surface area contributed by atoms with E-state index in [9.17, 15) is 18.0 Å². The standard InChI is InChI=1S/C12H13ClF3NO2/c1-3-19-11(18)12(15,16)10(17)8-7(14)5-4-6(2)9(8)13/h4-5,10H,3,17H2,1-2H3/t10-/m1/s1. The average molecular weight is 296 g/mol. The molecule has 0 fully saturated rings. The van der Waals surface area contributed by atoms with Gasteiger partial charge in [-0.15, -0.1) is 0 Å². The fourth-order valence-corrected chi connectivity index (χ4v) is 1.77. The first-order chi connectivity index (χ1) is 8.73. The molecule has 1 aromatic carbocycles. The van der Waals surface area contributed by atoms with Gasteiger partial charge in [-0.25, -0.2) is 9.18 Å². The molecule has 7 heteroatoms. The van der Waals surface area contributed by atoms with Gasteiger partial charge in [0.05, 0.1) is 11.6 Å². The van der Waals surface area contributed by atoms with Gasteiger partial charge in [-0.05, 0) is 25.5 Å². The first kappa shape index (κ1) is 15.8. The SMILES string of the molecule is CCOC(=O)C(F)(F)[C@H](N)c1c(F)ccc(C)c1Cl. The van der Waals surface area contributed by atoms with Crippen molar-refractivity contribution in [1.29, 1.82) is 0 Å². The van der Waals surface area contributed by atoms with Crippen LogP contribution in [0.1, 0.15) is 24.1 Å². The number of esters is 1. The quantitative estimate of drug-likeness (QED) is 0.869. The lowest BCUT2D eigenvalue weighted by Crippen LogP contribution is -2.42. The summed E-state index contributed by atoms with van der Waals surface area (Å²) in [6.45, 7) is 2.66. The van der Waals surface area contributed by atoms with Gasteiger partial charge in [0, 0.05) is 5.56 Å². The van der Waals surface area contributed by atoms with Crippen molar-refractivity contribution in [1.82, 2.24) is 0 Å². The predicted molar refractivity (Wildman–Crippen MR) is 64.7 cm³/mol. The van der Waals surface area contributed by atoms with E-state index < -0.39 is 29.3 Å². The molecule has 0 bridgehead atoms. The zero-order chi connectivity index (χ0) is 14.8. The maximum atomic E-state index is 13.8. The largest absolute Gasteiger partial charge is 0.462 e. The Kier molecular flexibility index (Phi) is 4.81. The first-order valence-corrected chi connectivity index (χ1v) is 5.86. The molecule has 0 aliphatic heterocycles. The lowest BCUT2D eigenvalue weighted by Gasteiger charge is -2.23. The van der Waals surface area contributed by atoms with Gasteiger partial charge in [0.15, 0.2) is 0 Å². The molecule has 0 aliphatic carbocycles. The highest BCUT2D eigenvalue weighted by molar-refractivity contribution is 6.32. The number of ether oxygens (including phenoxy) is 1. The maximum absolute atomic E-state index is 13.8. The predicted octanol–water partition coefficient (Wildman–Crippen LogP) is 2.99. The van der Waals surface area contributed by atoms with Gasteiger partial charge in [0.1, 0.15) is 11.9 Å². The number of carbonyl (C=O) groups is 1. The average Bonchev–Trinajstić information content (AvgIpc) is 2.34. The van der Waals surface area contributed by atoms with Gasteiger partial charge in [-0.2, -0.15) is 8.78 Å². The summed E-state index contributed by atoms with van der Waals surface area (Å²) in [6.07, 6.45) is 0. The summed E-state index contributed by atoms with van der Waals surface area (Å²) in [5.74, 6) is -6.86. The molecule has 0 saturated heterocycles. The Morgan fingerprint density at radius 3 is 2.63 bits per heavy atom. The number of halogens is 4. The van der Waals surface area contributed by atoms with Crippen LogP contribution in [0.25, 0.3) is 0 Å². The van der Waals surface area contributed by atoms with Crippen molar-refractivity contribution in [3.05, 3.63) is 34.1 Å². The number of benzene rings is 1. The second-order valence-corrected chi connectivity index (χ2v) is 4.29. The minimum absolute atomic E-state index is 0.225. The summed E-state index contributed by atoms with van der Waals surface area (Å²) in [4.78, 5) is 11.2. The third-order valence-electron chi connectivity index (χ3n) is 2.57. The first-order valence-electron chi connectivity index (χ1n) is 5.48. The molecule has 1 rings (SSSR count). The normalized spacial score (nSPS) is 13.2. The lowest BCUT2D eigenvalue weighted by atomic mass is 9.99. The third kappa shape index (κ3) is 3.01. The van der Waals surface area contributed by atoms with Crippen LogP contribution in [-0.2, 0) is 9.53 Å². The molecule has 0 saturated carbocycles. The number of alkyl halides is 2. The summed E-state index contributed by atoms with van der Waals surface area (Å²) >= 11 is 5.78. The van der Waals surface area contributed by atoms with Crippen LogP contribution >= 0.6 is 11.6 Å². The molecule has 0 spiro atoms. The molecule has 1 atom stereocenters. The summed E-state index contributed by atoms with van der Waals surface area (Å²) < 4.78 is 45.3. The number of rotatable bonds is 4. The van der Waals surface area contributed by atoms with Crippen molar-refractivity contribution in [2.45, 2.75) is 25.8 Å². The van der Waals surface area contributed by atoms with Gasteiger partial charge >= 0.3 is 11.9 Å². The highest BCUT2D eigenvalue weighted by Gasteiger charge is 2.49. The second kappa shape index (κ2) is 5.79. The summed E-state index contributed by atoms with van der Waals surface area (Å²) in [5, 5.41) is -0.225. The molecule has 19 heavy (non-hydrogen) atoms. The Bertz CT molecular complexity index is 494. The highest BCUT2D eigenvalue weighted by Crippen LogP contribution is 2.37.